The lowest BCUT2D eigenvalue weighted by Crippen LogP contribution is -2.45. The molecule has 1 aliphatic heterocycles. The van der Waals surface area contributed by atoms with Crippen LogP contribution >= 0.6 is 11.3 Å². The minimum atomic E-state index is -0.789. The predicted molar refractivity (Wildman–Crippen MR) is 123 cm³/mol. The number of aromatic nitrogens is 2. The molecule has 2 aromatic rings. The Morgan fingerprint density at radius 2 is 1.79 bits per heavy atom. The van der Waals surface area contributed by atoms with Gasteiger partial charge in [-0.15, -0.1) is 10.2 Å². The minimum absolute atomic E-state index is 0.0969. The second-order valence-electron chi connectivity index (χ2n) is 8.31. The molecule has 0 spiro atoms. The van der Waals surface area contributed by atoms with Crippen LogP contribution in [0.15, 0.2) is 18.2 Å². The molecule has 2 N–H and O–H groups in total. The summed E-state index contributed by atoms with van der Waals surface area (Å²) in [4.78, 5) is 29.8. The van der Waals surface area contributed by atoms with Gasteiger partial charge in [0, 0.05) is 32.2 Å². The first kappa shape index (κ1) is 25.1. The highest BCUT2D eigenvalue weighted by atomic mass is 32.1. The fourth-order valence-corrected chi connectivity index (χ4v) is 4.55. The summed E-state index contributed by atoms with van der Waals surface area (Å²) < 4.78 is 26.7. The number of nitrogens with zero attached hydrogens (tertiary/aromatic N) is 4. The van der Waals surface area contributed by atoms with E-state index in [9.17, 15) is 18.4 Å². The molecule has 33 heavy (non-hydrogen) atoms. The zero-order valence-electron chi connectivity index (χ0n) is 19.1. The van der Waals surface area contributed by atoms with E-state index < -0.39 is 29.5 Å². The summed E-state index contributed by atoms with van der Waals surface area (Å²) in [6.07, 6.45) is 0.848. The summed E-state index contributed by atoms with van der Waals surface area (Å²) >= 11 is 1.32. The zero-order valence-corrected chi connectivity index (χ0v) is 19.9. The van der Waals surface area contributed by atoms with Gasteiger partial charge in [0.1, 0.15) is 22.7 Å². The van der Waals surface area contributed by atoms with Crippen molar-refractivity contribution in [3.63, 3.8) is 0 Å². The summed E-state index contributed by atoms with van der Waals surface area (Å²) in [6, 6.07) is 2.25. The van der Waals surface area contributed by atoms with Crippen LogP contribution in [0.1, 0.15) is 43.3 Å². The standard InChI is InChI=1S/C22H30F2N6O2S/c1-4-5-18(25-19(31)12-15-10-16(23)13-17(24)11-15)20(32)26-22-28-27-21(33-22)14(2)30-8-6-29(3)7-9-30/h10-11,13-14,18H,4-9,12H2,1-3H3,(H,25,31)(H,26,28,32). The van der Waals surface area contributed by atoms with E-state index in [1.165, 1.54) is 11.3 Å². The Kier molecular flexibility index (Phi) is 8.81. The third-order valence-electron chi connectivity index (χ3n) is 5.63. The van der Waals surface area contributed by atoms with Crippen LogP contribution in [-0.4, -0.2) is 71.1 Å². The third kappa shape index (κ3) is 7.24. The number of benzene rings is 1. The Balaban J connectivity index is 1.58. The number of piperazine rings is 1. The first-order chi connectivity index (χ1) is 15.7. The van der Waals surface area contributed by atoms with E-state index in [4.69, 9.17) is 0 Å². The van der Waals surface area contributed by atoms with Gasteiger partial charge < -0.3 is 10.2 Å². The molecule has 8 nitrogen and oxygen atoms in total. The molecule has 0 bridgehead atoms. The van der Waals surface area contributed by atoms with Gasteiger partial charge >= 0.3 is 0 Å². The average Bonchev–Trinajstić information content (AvgIpc) is 3.21. The topological polar surface area (TPSA) is 90.5 Å². The van der Waals surface area contributed by atoms with E-state index in [1.807, 2.05) is 6.92 Å². The molecule has 2 unspecified atom stereocenters. The molecule has 1 fully saturated rings. The van der Waals surface area contributed by atoms with E-state index in [2.05, 4.69) is 44.6 Å². The van der Waals surface area contributed by atoms with Crippen molar-refractivity contribution in [1.82, 2.24) is 25.3 Å². The lowest BCUT2D eigenvalue weighted by molar-refractivity contribution is -0.126. The molecular weight excluding hydrogens is 450 g/mol. The quantitative estimate of drug-likeness (QED) is 0.574. The van der Waals surface area contributed by atoms with Gasteiger partial charge in [-0.25, -0.2) is 8.78 Å². The fraction of sp³-hybridized carbons (Fsp3) is 0.545. The Morgan fingerprint density at radius 1 is 1.12 bits per heavy atom. The van der Waals surface area contributed by atoms with Crippen LogP contribution in [0.25, 0.3) is 0 Å². The predicted octanol–water partition coefficient (Wildman–Crippen LogP) is 2.59. The van der Waals surface area contributed by atoms with Crippen molar-refractivity contribution in [2.45, 2.75) is 45.2 Å². The molecular formula is C22H30F2N6O2S. The van der Waals surface area contributed by atoms with Crippen molar-refractivity contribution >= 4 is 28.3 Å². The van der Waals surface area contributed by atoms with Gasteiger partial charge in [-0.1, -0.05) is 24.7 Å². The highest BCUT2D eigenvalue weighted by molar-refractivity contribution is 7.15. The number of rotatable bonds is 9. The van der Waals surface area contributed by atoms with Gasteiger partial charge in [0.2, 0.25) is 16.9 Å². The lowest BCUT2D eigenvalue weighted by Gasteiger charge is -2.35. The number of anilines is 1. The average molecular weight is 481 g/mol. The van der Waals surface area contributed by atoms with Gasteiger partial charge in [-0.3, -0.25) is 19.8 Å². The monoisotopic (exact) mass is 480 g/mol. The SMILES string of the molecule is CCCC(NC(=O)Cc1cc(F)cc(F)c1)C(=O)Nc1nnc(C(C)N2CCN(C)CC2)s1. The molecule has 2 heterocycles. The fourth-order valence-electron chi connectivity index (χ4n) is 3.71. The first-order valence-corrected chi connectivity index (χ1v) is 11.9. The van der Waals surface area contributed by atoms with Gasteiger partial charge in [0.05, 0.1) is 12.5 Å². The molecule has 2 atom stereocenters. The number of hydrogen-bond donors (Lipinski definition) is 2. The third-order valence-corrected chi connectivity index (χ3v) is 6.64. The number of amides is 2. The van der Waals surface area contributed by atoms with E-state index in [1.54, 1.807) is 0 Å². The Bertz CT molecular complexity index is 944. The van der Waals surface area contributed by atoms with Gasteiger partial charge in [0.25, 0.3) is 0 Å². The minimum Gasteiger partial charge on any atom is -0.344 e. The van der Waals surface area contributed by atoms with Crippen LogP contribution in [0.3, 0.4) is 0 Å². The van der Waals surface area contributed by atoms with Crippen LogP contribution in [0, 0.1) is 11.6 Å². The van der Waals surface area contributed by atoms with Crippen LogP contribution in [0.4, 0.5) is 13.9 Å². The molecule has 3 rings (SSSR count). The molecule has 1 aliphatic rings. The molecule has 0 saturated carbocycles. The van der Waals surface area contributed by atoms with Gasteiger partial charge in [0.15, 0.2) is 0 Å². The van der Waals surface area contributed by atoms with Crippen molar-refractivity contribution in [3.8, 4) is 0 Å². The normalized spacial score (nSPS) is 16.9. The molecule has 180 valence electrons. The summed E-state index contributed by atoms with van der Waals surface area (Å²) in [5.74, 6) is -2.39. The number of carbonyl (C=O) groups is 2. The maximum Gasteiger partial charge on any atom is 0.248 e. The molecule has 1 aromatic carbocycles. The largest absolute Gasteiger partial charge is 0.344 e. The number of likely N-dealkylation sites (N-methyl/N-ethyl adjacent to an activating group) is 1. The summed E-state index contributed by atoms with van der Waals surface area (Å²) in [5, 5.41) is 14.9. The number of nitrogens with one attached hydrogen (secondary N) is 2. The molecule has 1 aromatic heterocycles. The van der Waals surface area contributed by atoms with Crippen LogP contribution < -0.4 is 10.6 Å². The van der Waals surface area contributed by atoms with Crippen molar-refractivity contribution < 1.29 is 18.4 Å². The summed E-state index contributed by atoms with van der Waals surface area (Å²) in [7, 11) is 2.10. The van der Waals surface area contributed by atoms with E-state index in [0.717, 1.165) is 49.4 Å². The highest BCUT2D eigenvalue weighted by Gasteiger charge is 2.25. The first-order valence-electron chi connectivity index (χ1n) is 11.1. The van der Waals surface area contributed by atoms with Crippen LogP contribution in [-0.2, 0) is 16.0 Å². The van der Waals surface area contributed by atoms with E-state index >= 15 is 0 Å². The molecule has 1 saturated heterocycles. The van der Waals surface area contributed by atoms with Crippen molar-refractivity contribution in [1.29, 1.82) is 0 Å². The molecule has 0 radical (unpaired) electrons. The molecule has 11 heteroatoms. The van der Waals surface area contributed by atoms with Gasteiger partial charge in [-0.05, 0) is 38.1 Å². The summed E-state index contributed by atoms with van der Waals surface area (Å²) in [5.41, 5.74) is 0.201. The Hall–Kier alpha value is -2.50. The maximum atomic E-state index is 13.4. The number of hydrogen-bond acceptors (Lipinski definition) is 7. The highest BCUT2D eigenvalue weighted by Crippen LogP contribution is 2.27. The Morgan fingerprint density at radius 3 is 2.42 bits per heavy atom. The summed E-state index contributed by atoms with van der Waals surface area (Å²) in [6.45, 7) is 7.85. The van der Waals surface area contributed by atoms with Crippen molar-refractivity contribution in [2.24, 2.45) is 0 Å². The zero-order chi connectivity index (χ0) is 24.0. The smallest absolute Gasteiger partial charge is 0.248 e. The van der Waals surface area contributed by atoms with E-state index in [0.29, 0.717) is 18.0 Å². The van der Waals surface area contributed by atoms with Crippen molar-refractivity contribution in [2.75, 3.05) is 38.5 Å². The second kappa shape index (κ2) is 11.6. The lowest BCUT2D eigenvalue weighted by atomic mass is 10.1. The maximum absolute atomic E-state index is 13.4. The second-order valence-corrected chi connectivity index (χ2v) is 9.32. The van der Waals surface area contributed by atoms with Crippen LogP contribution in [0.2, 0.25) is 0 Å². The molecule has 2 amide bonds. The van der Waals surface area contributed by atoms with Gasteiger partial charge in [-0.2, -0.15) is 0 Å². The molecule has 0 aliphatic carbocycles. The number of carbonyl (C=O) groups excluding carboxylic acids is 2. The van der Waals surface area contributed by atoms with Crippen LogP contribution in [0.5, 0.6) is 0 Å². The number of halogens is 2. The van der Waals surface area contributed by atoms with Crippen molar-refractivity contribution in [3.05, 3.63) is 40.4 Å². The van der Waals surface area contributed by atoms with E-state index in [-0.39, 0.29) is 18.0 Å². The Labute approximate surface area is 196 Å².